The molecule has 0 aliphatic carbocycles. The van der Waals surface area contributed by atoms with Gasteiger partial charge in [-0.2, -0.15) is 0 Å². The molecule has 0 aromatic heterocycles. The van der Waals surface area contributed by atoms with Crippen LogP contribution in [0.2, 0.25) is 0 Å². The lowest BCUT2D eigenvalue weighted by molar-refractivity contribution is -0.139. The van der Waals surface area contributed by atoms with Crippen molar-refractivity contribution in [3.8, 4) is 33.8 Å². The number of rotatable bonds is 12. The summed E-state index contributed by atoms with van der Waals surface area (Å²) in [6.45, 7) is 4.17. The van der Waals surface area contributed by atoms with E-state index in [1.54, 1.807) is 37.3 Å². The Bertz CT molecular complexity index is 1950. The summed E-state index contributed by atoms with van der Waals surface area (Å²) in [5.74, 6) is -0.861. The Hall–Kier alpha value is -5.66. The average molecular weight is 733 g/mol. The number of nitrogens with two attached hydrogens (primary N) is 2. The minimum atomic E-state index is -1.19. The lowest BCUT2D eigenvalue weighted by Gasteiger charge is -2.30. The van der Waals surface area contributed by atoms with Crippen molar-refractivity contribution in [2.24, 2.45) is 11.5 Å². The third-order valence-corrected chi connectivity index (χ3v) is 9.36. The summed E-state index contributed by atoms with van der Waals surface area (Å²) in [6, 6.07) is 24.0. The highest BCUT2D eigenvalue weighted by Crippen LogP contribution is 2.40. The van der Waals surface area contributed by atoms with Crippen LogP contribution >= 0.6 is 0 Å². The van der Waals surface area contributed by atoms with Crippen molar-refractivity contribution in [1.82, 2.24) is 20.9 Å². The van der Waals surface area contributed by atoms with Crippen molar-refractivity contribution < 1.29 is 28.7 Å². The molecule has 2 unspecified atom stereocenters. The third-order valence-electron chi connectivity index (χ3n) is 9.36. The maximum absolute atomic E-state index is 14.1. The van der Waals surface area contributed by atoms with Gasteiger partial charge in [-0.1, -0.05) is 60.4 Å². The number of amides is 4. The summed E-state index contributed by atoms with van der Waals surface area (Å²) in [5, 5.41) is 8.46. The molecule has 0 radical (unpaired) electrons. The van der Waals surface area contributed by atoms with Gasteiger partial charge in [0.1, 0.15) is 44.6 Å². The van der Waals surface area contributed by atoms with Gasteiger partial charge in [-0.15, -0.1) is 0 Å². The van der Waals surface area contributed by atoms with Crippen LogP contribution in [0.3, 0.4) is 0 Å². The van der Waals surface area contributed by atoms with E-state index in [2.05, 4.69) is 35.9 Å². The van der Waals surface area contributed by atoms with Crippen LogP contribution in [0.5, 0.6) is 11.5 Å². The Labute approximate surface area is 317 Å². The first-order valence-corrected chi connectivity index (χ1v) is 18.3. The van der Waals surface area contributed by atoms with E-state index in [0.29, 0.717) is 46.7 Å². The van der Waals surface area contributed by atoms with E-state index in [4.69, 9.17) is 20.9 Å². The molecule has 1 heterocycles. The van der Waals surface area contributed by atoms with Gasteiger partial charge in [-0.3, -0.25) is 19.2 Å². The van der Waals surface area contributed by atoms with Crippen molar-refractivity contribution in [3.05, 3.63) is 107 Å². The number of hydrogen-bond acceptors (Lipinski definition) is 8. The summed E-state index contributed by atoms with van der Waals surface area (Å²) in [4.78, 5) is 55.5. The fourth-order valence-corrected chi connectivity index (χ4v) is 6.39. The van der Waals surface area contributed by atoms with Crippen molar-refractivity contribution >= 4 is 31.5 Å². The van der Waals surface area contributed by atoms with E-state index in [-0.39, 0.29) is 38.3 Å². The fraction of sp³-hybridized carbons (Fsp3) is 0.317. The Morgan fingerprint density at radius 1 is 0.815 bits per heavy atom. The summed E-state index contributed by atoms with van der Waals surface area (Å²) >= 11 is 0. The van der Waals surface area contributed by atoms with E-state index < -0.39 is 29.8 Å². The highest BCUT2D eigenvalue weighted by molar-refractivity contribution is 6.08. The van der Waals surface area contributed by atoms with Gasteiger partial charge in [-0.25, -0.2) is 0 Å². The summed E-state index contributed by atoms with van der Waals surface area (Å²) in [6.07, 6.45) is 1.46. The van der Waals surface area contributed by atoms with Crippen LogP contribution in [0, 0.1) is 0 Å². The van der Waals surface area contributed by atoms with Crippen LogP contribution in [-0.2, 0) is 27.1 Å². The first kappa shape index (κ1) is 39.6. The Morgan fingerprint density at radius 2 is 1.41 bits per heavy atom. The molecule has 4 aromatic rings. The van der Waals surface area contributed by atoms with Crippen LogP contribution < -0.4 is 36.9 Å². The first-order valence-electron chi connectivity index (χ1n) is 18.3. The second kappa shape index (κ2) is 18.4. The summed E-state index contributed by atoms with van der Waals surface area (Å²) in [7, 11) is 3.59. The molecular formula is C41H49BN6O6. The van der Waals surface area contributed by atoms with Crippen molar-refractivity contribution in [1.29, 1.82) is 0 Å². The van der Waals surface area contributed by atoms with E-state index in [0.717, 1.165) is 23.0 Å². The predicted octanol–water partition coefficient (Wildman–Crippen LogP) is 2.32. The number of carbonyl (C=O) groups excluding carboxylic acids is 4. The highest BCUT2D eigenvalue weighted by Gasteiger charge is 2.32. The average Bonchev–Trinajstić information content (AvgIpc) is 3.18. The molecule has 0 saturated carbocycles. The van der Waals surface area contributed by atoms with E-state index in [1.807, 2.05) is 49.4 Å². The van der Waals surface area contributed by atoms with Gasteiger partial charge in [0, 0.05) is 42.9 Å². The molecule has 13 heteroatoms. The molecule has 0 spiro atoms. The van der Waals surface area contributed by atoms with Crippen LogP contribution in [0.15, 0.2) is 84.9 Å². The summed E-state index contributed by atoms with van der Waals surface area (Å²) < 4.78 is 12.1. The van der Waals surface area contributed by atoms with Crippen LogP contribution in [-0.4, -0.2) is 88.4 Å². The second-order valence-corrected chi connectivity index (χ2v) is 13.4. The van der Waals surface area contributed by atoms with E-state index >= 15 is 0 Å². The van der Waals surface area contributed by atoms with Gasteiger partial charge in [0.15, 0.2) is 0 Å². The van der Waals surface area contributed by atoms with Crippen LogP contribution in [0.25, 0.3) is 22.3 Å². The standard InChI is InChI=1S/C41H49BN6O6/c1-25-20-28-6-14-35(53-18-16-43)33(21-28)34-22-32(13-15-36(34)54-19-17-44)38(41(52)47-26(2)39(50)46-25)48(3)37(49)24-45-40(51)31-11-9-30(10-12-31)29-7-4-27(23-42)5-8-29/h4-15,21-22,25-26,38H,16-20,23-24,42-44H2,1-3H3,(H,45,51)(H,46,50)(H,47,52)/t25?,26-,38?/m0/s1. The third kappa shape index (κ3) is 9.66. The maximum Gasteiger partial charge on any atom is 0.251 e. The number of fused-ring (bicyclic) bond motifs is 5. The fourth-order valence-electron chi connectivity index (χ4n) is 6.39. The van der Waals surface area contributed by atoms with Crippen molar-refractivity contribution in [3.63, 3.8) is 0 Å². The zero-order chi connectivity index (χ0) is 38.8. The van der Waals surface area contributed by atoms with Gasteiger partial charge in [-0.05, 0) is 78.9 Å². The first-order chi connectivity index (χ1) is 26.0. The van der Waals surface area contributed by atoms with Crippen molar-refractivity contribution in [2.75, 3.05) is 39.9 Å². The number of likely N-dealkylation sites (N-methyl/N-ethyl adjacent to an activating group) is 1. The zero-order valence-electron chi connectivity index (χ0n) is 31.3. The maximum atomic E-state index is 14.1. The quantitative estimate of drug-likeness (QED) is 0.138. The highest BCUT2D eigenvalue weighted by atomic mass is 16.5. The Morgan fingerprint density at radius 3 is 2.02 bits per heavy atom. The van der Waals surface area contributed by atoms with E-state index in [9.17, 15) is 19.2 Å². The molecule has 282 valence electrons. The summed E-state index contributed by atoms with van der Waals surface area (Å²) in [5.41, 5.74) is 17.9. The monoisotopic (exact) mass is 732 g/mol. The molecule has 4 aromatic carbocycles. The number of nitrogens with zero attached hydrogens (tertiary/aromatic N) is 1. The van der Waals surface area contributed by atoms with Crippen molar-refractivity contribution in [2.45, 2.75) is 44.7 Å². The molecule has 12 nitrogen and oxygen atoms in total. The zero-order valence-corrected chi connectivity index (χ0v) is 31.3. The molecule has 7 N–H and O–H groups in total. The second-order valence-electron chi connectivity index (χ2n) is 13.4. The lowest BCUT2D eigenvalue weighted by atomic mass is 9.94. The largest absolute Gasteiger partial charge is 0.492 e. The Kier molecular flexibility index (Phi) is 13.5. The SMILES string of the molecule is BCc1ccc(-c2ccc(C(=O)NCC(=O)N(C)C3C(=O)N[C@@H](C)C(=O)NC(C)Cc4ccc(OCCN)c(c4)-c4cc3ccc4OCCN)cc2)cc1. The number of ether oxygens (including phenoxy) is 2. The van der Waals surface area contributed by atoms with Crippen LogP contribution in [0.1, 0.15) is 46.9 Å². The van der Waals surface area contributed by atoms with Gasteiger partial charge in [0.05, 0.1) is 6.54 Å². The minimum Gasteiger partial charge on any atom is -0.492 e. The molecule has 1 aliphatic rings. The topological polar surface area (TPSA) is 178 Å². The molecule has 0 saturated heterocycles. The smallest absolute Gasteiger partial charge is 0.251 e. The Balaban J connectivity index is 1.46. The van der Waals surface area contributed by atoms with Gasteiger partial charge < -0.3 is 41.8 Å². The lowest BCUT2D eigenvalue weighted by Crippen LogP contribution is -2.52. The van der Waals surface area contributed by atoms with Crippen LogP contribution in [0.4, 0.5) is 0 Å². The number of carbonyl (C=O) groups is 4. The van der Waals surface area contributed by atoms with Gasteiger partial charge in [0.2, 0.25) is 17.7 Å². The molecule has 54 heavy (non-hydrogen) atoms. The number of nitrogens with one attached hydrogen (secondary N) is 3. The molecular weight excluding hydrogens is 683 g/mol. The molecule has 0 fully saturated rings. The van der Waals surface area contributed by atoms with Gasteiger partial charge >= 0.3 is 0 Å². The van der Waals surface area contributed by atoms with E-state index in [1.165, 1.54) is 17.5 Å². The molecule has 5 rings (SSSR count). The van der Waals surface area contributed by atoms with Gasteiger partial charge in [0.25, 0.3) is 5.91 Å². The normalized spacial score (nSPS) is 17.0. The molecule has 4 bridgehead atoms. The number of hydrogen-bond donors (Lipinski definition) is 5. The predicted molar refractivity (Wildman–Crippen MR) is 212 cm³/mol. The number of benzene rings is 4. The molecule has 1 aliphatic heterocycles. The molecule has 3 atom stereocenters. The minimum absolute atomic E-state index is 0.238. The molecule has 4 amide bonds.